The quantitative estimate of drug-likeness (QED) is 0.0650. The maximum absolute atomic E-state index is 14.4. The average Bonchev–Trinajstić information content (AvgIpc) is 3.94. The van der Waals surface area contributed by atoms with E-state index in [1.54, 1.807) is 0 Å². The van der Waals surface area contributed by atoms with E-state index >= 15 is 0 Å². The van der Waals surface area contributed by atoms with Gasteiger partial charge in [0.2, 0.25) is 0 Å². The number of allylic oxidation sites excluding steroid dienone is 3. The minimum absolute atomic E-state index is 0.0855. The minimum atomic E-state index is -1.14. The summed E-state index contributed by atoms with van der Waals surface area (Å²) in [5.41, 5.74) is 12.5. The van der Waals surface area contributed by atoms with E-state index in [4.69, 9.17) is 9.47 Å². The van der Waals surface area contributed by atoms with Gasteiger partial charge in [0.1, 0.15) is 12.5 Å². The Morgan fingerprint density at radius 1 is 0.898 bits per heavy atom. The third-order valence-electron chi connectivity index (χ3n) is 13.2. The van der Waals surface area contributed by atoms with Crippen molar-refractivity contribution in [1.82, 2.24) is 20.3 Å². The van der Waals surface area contributed by atoms with Gasteiger partial charge in [0.05, 0.1) is 12.8 Å². The molecule has 4 atom stereocenters. The van der Waals surface area contributed by atoms with Crippen LogP contribution in [0.1, 0.15) is 154 Å². The second-order valence-electron chi connectivity index (χ2n) is 17.7. The van der Waals surface area contributed by atoms with Crippen molar-refractivity contribution in [2.45, 2.75) is 120 Å². The van der Waals surface area contributed by atoms with Crippen LogP contribution in [0.2, 0.25) is 0 Å². The maximum atomic E-state index is 14.4. The van der Waals surface area contributed by atoms with E-state index in [1.165, 1.54) is 43.9 Å². The first-order valence-corrected chi connectivity index (χ1v) is 21.8. The van der Waals surface area contributed by atoms with E-state index in [0.717, 1.165) is 92.5 Å². The van der Waals surface area contributed by atoms with Crippen LogP contribution in [-0.2, 0) is 25.5 Å². The molecule has 0 radical (unpaired) electrons. The van der Waals surface area contributed by atoms with E-state index in [9.17, 15) is 14.4 Å². The van der Waals surface area contributed by atoms with Gasteiger partial charge in [-0.25, -0.2) is 0 Å². The number of aromatic nitrogens is 3. The van der Waals surface area contributed by atoms with Gasteiger partial charge >= 0.3 is 11.9 Å². The molecule has 3 aromatic rings. The van der Waals surface area contributed by atoms with Crippen molar-refractivity contribution < 1.29 is 23.9 Å². The summed E-state index contributed by atoms with van der Waals surface area (Å²) in [5, 5.41) is 5.65. The number of ketones is 1. The summed E-state index contributed by atoms with van der Waals surface area (Å²) in [6.07, 6.45) is 18.9. The number of rotatable bonds is 16. The van der Waals surface area contributed by atoms with Crippen molar-refractivity contribution >= 4 is 47.6 Å². The Balaban J connectivity index is 1.33. The van der Waals surface area contributed by atoms with Gasteiger partial charge in [0.25, 0.3) is 0 Å². The molecule has 0 spiro atoms. The lowest BCUT2D eigenvalue weighted by Gasteiger charge is -2.19. The first-order chi connectivity index (χ1) is 28.2. The molecule has 59 heavy (non-hydrogen) atoms. The third-order valence-corrected chi connectivity index (χ3v) is 13.2. The smallest absolute Gasteiger partial charge is 0.321 e. The second kappa shape index (κ2) is 18.5. The molecular weight excluding hydrogens is 737 g/mol. The number of aromatic amines is 3. The summed E-state index contributed by atoms with van der Waals surface area (Å²) in [6, 6.07) is 0. The fourth-order valence-electron chi connectivity index (χ4n) is 9.47. The number of methoxy groups -OCH3 is 1. The van der Waals surface area contributed by atoms with Gasteiger partial charge in [-0.3, -0.25) is 14.4 Å². The largest absolute Gasteiger partial charge is 0.468 e. The Labute approximate surface area is 350 Å². The summed E-state index contributed by atoms with van der Waals surface area (Å²) < 4.78 is 11.1. The number of Topliss-reactive ketones (excluding diaryl/α,β-unsaturated/α-hetero) is 1. The number of carbonyl (C=O) groups excluding carboxylic acids is 3. The number of ether oxygens (including phenoxy) is 2. The molecule has 9 heteroatoms. The zero-order valence-corrected chi connectivity index (χ0v) is 37.1. The zero-order valence-electron chi connectivity index (χ0n) is 37.1. The van der Waals surface area contributed by atoms with Crippen LogP contribution in [-0.4, -0.2) is 46.4 Å². The zero-order chi connectivity index (χ0) is 42.7. The predicted molar refractivity (Wildman–Crippen MR) is 239 cm³/mol. The molecule has 0 unspecified atom stereocenters. The summed E-state index contributed by atoms with van der Waals surface area (Å²) in [6.45, 7) is 23.9. The SMILES string of the molecule is C=Cc1c2[nH]c(c1C)/C=C1\N/C(=C3\c4[nH]c(c(C)c4C(=O)[C@@H]3C(=O)OC)/C=c3\[nH]/c(c(C)c3CC)=C\2)[C@@H](CCC(=O)OC/C=C(\C)CCC[C@@H](C)CCCC(C)C)[C@@H]1C. The van der Waals surface area contributed by atoms with Crippen LogP contribution >= 0.6 is 0 Å². The monoisotopic (exact) mass is 803 g/mol. The molecule has 316 valence electrons. The first-order valence-electron chi connectivity index (χ1n) is 21.8. The molecule has 6 rings (SSSR count). The van der Waals surface area contributed by atoms with Gasteiger partial charge in [-0.2, -0.15) is 0 Å². The number of hydrogen-bond donors (Lipinski definition) is 4. The molecule has 1 aliphatic carbocycles. The molecule has 0 saturated carbocycles. The van der Waals surface area contributed by atoms with E-state index < -0.39 is 11.9 Å². The van der Waals surface area contributed by atoms with Crippen molar-refractivity contribution in [2.75, 3.05) is 13.7 Å². The molecule has 8 bridgehead atoms. The van der Waals surface area contributed by atoms with Crippen LogP contribution in [0.5, 0.6) is 0 Å². The van der Waals surface area contributed by atoms with E-state index in [-0.39, 0.29) is 36.6 Å². The van der Waals surface area contributed by atoms with Crippen LogP contribution in [0.15, 0.2) is 29.6 Å². The van der Waals surface area contributed by atoms with Gasteiger partial charge in [0, 0.05) is 74.1 Å². The molecule has 2 aliphatic heterocycles. The van der Waals surface area contributed by atoms with Crippen LogP contribution < -0.4 is 16.0 Å². The number of fused-ring (bicyclic) bond motifs is 7. The van der Waals surface area contributed by atoms with Gasteiger partial charge in [-0.1, -0.05) is 78.5 Å². The van der Waals surface area contributed by atoms with Gasteiger partial charge < -0.3 is 29.7 Å². The molecule has 3 aliphatic rings. The number of hydrogen-bond acceptors (Lipinski definition) is 6. The van der Waals surface area contributed by atoms with Crippen molar-refractivity contribution in [3.63, 3.8) is 0 Å². The summed E-state index contributed by atoms with van der Waals surface area (Å²) >= 11 is 0. The maximum Gasteiger partial charge on any atom is 0.321 e. The number of esters is 2. The van der Waals surface area contributed by atoms with E-state index in [2.05, 4.69) is 100 Å². The topological polar surface area (TPSA) is 129 Å². The highest BCUT2D eigenvalue weighted by atomic mass is 16.5. The molecule has 3 aromatic heterocycles. The van der Waals surface area contributed by atoms with Crippen LogP contribution in [0.4, 0.5) is 0 Å². The van der Waals surface area contributed by atoms with Crippen LogP contribution in [0.25, 0.3) is 29.9 Å². The molecule has 9 nitrogen and oxygen atoms in total. The van der Waals surface area contributed by atoms with Crippen molar-refractivity contribution in [1.29, 1.82) is 0 Å². The highest BCUT2D eigenvalue weighted by molar-refractivity contribution is 6.24. The molecule has 5 heterocycles. The summed E-state index contributed by atoms with van der Waals surface area (Å²) in [5.74, 6) is -1.13. The number of H-pyrrole nitrogens is 3. The van der Waals surface area contributed by atoms with Crippen LogP contribution in [0, 0.1) is 50.4 Å². The van der Waals surface area contributed by atoms with Gasteiger partial charge in [-0.05, 0) is 112 Å². The Morgan fingerprint density at radius 2 is 1.61 bits per heavy atom. The standard InChI is InChI=1S/C50H66N4O5/c1-12-34-30(7)37-24-39-32(9)36(20-21-43(55)59-23-22-29(6)19-15-18-28(5)17-14-16-27(3)4)47(53-39)45-46(50(57)58-11)49(56)44-33(10)40(54-48(44)45)26-42-35(13-2)31(8)38(52-42)25-41(34)51-37/h12,22,24-28,32,36,46,51-54H,1,13-21,23H2,2-11H3/b29-22+,38-25-,39-24-,42-26-,47-45-/t28-,32-,36-,46+/m0/s1. The normalized spacial score (nSPS) is 22.3. The van der Waals surface area contributed by atoms with E-state index in [0.29, 0.717) is 23.3 Å². The fourth-order valence-corrected chi connectivity index (χ4v) is 9.47. The van der Waals surface area contributed by atoms with Gasteiger partial charge in [0.15, 0.2) is 5.78 Å². The highest BCUT2D eigenvalue weighted by Gasteiger charge is 2.48. The van der Waals surface area contributed by atoms with Gasteiger partial charge in [-0.15, -0.1) is 0 Å². The minimum Gasteiger partial charge on any atom is -0.468 e. The molecule has 0 amide bonds. The van der Waals surface area contributed by atoms with Crippen LogP contribution in [0.3, 0.4) is 0 Å². The van der Waals surface area contributed by atoms with Crippen molar-refractivity contribution in [2.24, 2.45) is 29.6 Å². The second-order valence-corrected chi connectivity index (χ2v) is 17.7. The number of carbonyl (C=O) groups is 3. The van der Waals surface area contributed by atoms with Crippen molar-refractivity contribution in [3.05, 3.63) is 96.5 Å². The Kier molecular flexibility index (Phi) is 13.6. The average molecular weight is 803 g/mol. The third kappa shape index (κ3) is 8.95. The van der Waals surface area contributed by atoms with E-state index in [1.807, 2.05) is 19.1 Å². The van der Waals surface area contributed by atoms with Crippen molar-refractivity contribution in [3.8, 4) is 0 Å². The first kappa shape index (κ1) is 43.5. The Morgan fingerprint density at radius 3 is 2.31 bits per heavy atom. The highest BCUT2D eigenvalue weighted by Crippen LogP contribution is 2.48. The summed E-state index contributed by atoms with van der Waals surface area (Å²) in [4.78, 5) is 52.2. The predicted octanol–water partition coefficient (Wildman–Crippen LogP) is 9.27. The molecule has 1 fully saturated rings. The lowest BCUT2D eigenvalue weighted by Crippen LogP contribution is -2.25. The fraction of sp³-hybridized carbons (Fsp3) is 0.500. The Hall–Kier alpha value is -5.05. The molecular formula is C50H66N4O5. The molecule has 4 N–H and O–H groups in total. The number of nitrogens with one attached hydrogen (secondary N) is 4. The lowest BCUT2D eigenvalue weighted by atomic mass is 9.85. The lowest BCUT2D eigenvalue weighted by molar-refractivity contribution is -0.143. The molecule has 1 saturated heterocycles. The summed E-state index contributed by atoms with van der Waals surface area (Å²) in [7, 11) is 1.32. The Bertz CT molecular complexity index is 2340. The molecule has 0 aromatic carbocycles.